The Bertz CT molecular complexity index is 1700. The molecule has 6 rings (SSSR count). The normalized spacial score (nSPS) is 14.3. The van der Waals surface area contributed by atoms with Gasteiger partial charge in [-0.25, -0.2) is 4.68 Å². The van der Waals surface area contributed by atoms with Crippen LogP contribution < -0.4 is 4.74 Å². The number of ether oxygens (including phenoxy) is 1. The number of thiocarbonyl (C=S) groups is 1. The Kier molecular flexibility index (Phi) is 7.55. The molecule has 1 saturated heterocycles. The summed E-state index contributed by atoms with van der Waals surface area (Å²) in [5.74, 6) is 1.23. The van der Waals surface area contributed by atoms with Crippen LogP contribution in [0.5, 0.6) is 5.75 Å². The van der Waals surface area contributed by atoms with E-state index in [2.05, 4.69) is 0 Å². The second kappa shape index (κ2) is 11.6. The highest BCUT2D eigenvalue weighted by molar-refractivity contribution is 8.26. The molecule has 0 radical (unpaired) electrons. The third-order valence-corrected chi connectivity index (χ3v) is 8.04. The van der Waals surface area contributed by atoms with Gasteiger partial charge in [0.1, 0.15) is 22.4 Å². The SMILES string of the molecule is O=C1/C(=C/c2cn(-c3ccccc3)nc2-c2ccc(OCc3ccccc3Cl)cc2)SC(=S)N1Cc1ccco1. The van der Waals surface area contributed by atoms with Crippen molar-refractivity contribution in [2.75, 3.05) is 0 Å². The van der Waals surface area contributed by atoms with Gasteiger partial charge in [0.2, 0.25) is 0 Å². The number of aromatic nitrogens is 2. The minimum Gasteiger partial charge on any atom is -0.489 e. The van der Waals surface area contributed by atoms with Crippen LogP contribution in [0.3, 0.4) is 0 Å². The van der Waals surface area contributed by atoms with Crippen LogP contribution in [0.2, 0.25) is 5.02 Å². The van der Waals surface area contributed by atoms with E-state index in [0.717, 1.165) is 28.1 Å². The van der Waals surface area contributed by atoms with Gasteiger partial charge in [-0.3, -0.25) is 9.69 Å². The van der Waals surface area contributed by atoms with Gasteiger partial charge in [0.05, 0.1) is 29.1 Å². The summed E-state index contributed by atoms with van der Waals surface area (Å²) in [6.07, 6.45) is 5.36. The van der Waals surface area contributed by atoms with Crippen LogP contribution in [-0.4, -0.2) is 24.9 Å². The maximum atomic E-state index is 13.3. The molecule has 0 saturated carbocycles. The van der Waals surface area contributed by atoms with Crippen molar-refractivity contribution < 1.29 is 13.9 Å². The predicted molar refractivity (Wildman–Crippen MR) is 162 cm³/mol. The molecule has 0 aliphatic carbocycles. The first-order valence-electron chi connectivity index (χ1n) is 12.4. The molecule has 2 aromatic heterocycles. The molecule has 1 fully saturated rings. The zero-order valence-corrected chi connectivity index (χ0v) is 23.5. The number of carbonyl (C=O) groups excluding carboxylic acids is 1. The fraction of sp³-hybridized carbons (Fsp3) is 0.0645. The van der Waals surface area contributed by atoms with Crippen LogP contribution in [0, 0.1) is 0 Å². The first-order chi connectivity index (χ1) is 19.5. The highest BCUT2D eigenvalue weighted by Crippen LogP contribution is 2.36. The molecule has 1 aliphatic heterocycles. The second-order valence-corrected chi connectivity index (χ2v) is 11.0. The molecule has 6 nitrogen and oxygen atoms in total. The van der Waals surface area contributed by atoms with E-state index in [1.54, 1.807) is 17.2 Å². The first kappa shape index (κ1) is 26.1. The van der Waals surface area contributed by atoms with Crippen molar-refractivity contribution in [3.63, 3.8) is 0 Å². The van der Waals surface area contributed by atoms with Gasteiger partial charge in [-0.1, -0.05) is 72.0 Å². The van der Waals surface area contributed by atoms with Crippen molar-refractivity contribution in [2.45, 2.75) is 13.2 Å². The number of carbonyl (C=O) groups is 1. The summed E-state index contributed by atoms with van der Waals surface area (Å²) in [4.78, 5) is 15.4. The zero-order chi connectivity index (χ0) is 27.5. The summed E-state index contributed by atoms with van der Waals surface area (Å²) in [5.41, 5.74) is 4.25. The van der Waals surface area contributed by atoms with Gasteiger partial charge in [-0.2, -0.15) is 5.10 Å². The van der Waals surface area contributed by atoms with Crippen molar-refractivity contribution in [2.24, 2.45) is 0 Å². The first-order valence-corrected chi connectivity index (χ1v) is 14.0. The molecule has 5 aromatic rings. The molecule has 3 heterocycles. The minimum atomic E-state index is -0.159. The van der Waals surface area contributed by atoms with Crippen LogP contribution in [0.25, 0.3) is 23.0 Å². The number of furan rings is 1. The van der Waals surface area contributed by atoms with Crippen LogP contribution in [-0.2, 0) is 17.9 Å². The average Bonchev–Trinajstić information content (AvgIpc) is 3.71. The number of thioether (sulfide) groups is 1. The Hall–Kier alpha value is -4.11. The zero-order valence-electron chi connectivity index (χ0n) is 21.1. The number of hydrogen-bond donors (Lipinski definition) is 0. The summed E-state index contributed by atoms with van der Waals surface area (Å²) in [6, 6.07) is 28.8. The largest absolute Gasteiger partial charge is 0.489 e. The molecule has 40 heavy (non-hydrogen) atoms. The van der Waals surface area contributed by atoms with E-state index in [4.69, 9.17) is 38.1 Å². The van der Waals surface area contributed by atoms with E-state index in [0.29, 0.717) is 38.9 Å². The minimum absolute atomic E-state index is 0.159. The van der Waals surface area contributed by atoms with Crippen molar-refractivity contribution in [3.05, 3.63) is 130 Å². The van der Waals surface area contributed by atoms with Gasteiger partial charge in [0.25, 0.3) is 5.91 Å². The Labute approximate surface area is 245 Å². The quantitative estimate of drug-likeness (QED) is 0.137. The lowest BCUT2D eigenvalue weighted by Crippen LogP contribution is -2.27. The summed E-state index contributed by atoms with van der Waals surface area (Å²) >= 11 is 13.1. The maximum absolute atomic E-state index is 13.3. The standard InChI is InChI=1S/C31H22ClN3O3S2/c32-27-11-5-4-7-22(27)20-38-25-14-12-21(13-15-25)29-23(18-35(33-29)24-8-2-1-3-9-24)17-28-30(36)34(31(39)40-28)19-26-10-6-16-37-26/h1-18H,19-20H2/b28-17-. The smallest absolute Gasteiger partial charge is 0.266 e. The topological polar surface area (TPSA) is 60.5 Å². The molecule has 3 aromatic carbocycles. The molecular weight excluding hydrogens is 562 g/mol. The van der Waals surface area contributed by atoms with Crippen LogP contribution in [0.15, 0.2) is 113 Å². The van der Waals surface area contributed by atoms with Gasteiger partial charge in [0, 0.05) is 27.9 Å². The average molecular weight is 584 g/mol. The number of halogens is 1. The molecule has 0 spiro atoms. The lowest BCUT2D eigenvalue weighted by atomic mass is 10.1. The van der Waals surface area contributed by atoms with E-state index in [1.807, 2.05) is 102 Å². The van der Waals surface area contributed by atoms with Crippen molar-refractivity contribution in [1.29, 1.82) is 0 Å². The van der Waals surface area contributed by atoms with Crippen LogP contribution in [0.1, 0.15) is 16.9 Å². The third-order valence-electron chi connectivity index (χ3n) is 6.30. The molecule has 198 valence electrons. The van der Waals surface area contributed by atoms with Gasteiger partial charge >= 0.3 is 0 Å². The highest BCUT2D eigenvalue weighted by Gasteiger charge is 2.33. The predicted octanol–water partition coefficient (Wildman–Crippen LogP) is 7.77. The lowest BCUT2D eigenvalue weighted by Gasteiger charge is -2.11. The molecule has 1 aliphatic rings. The number of amides is 1. The Morgan fingerprint density at radius 2 is 1.75 bits per heavy atom. The van der Waals surface area contributed by atoms with E-state index in [-0.39, 0.29) is 5.91 Å². The molecular formula is C31H22ClN3O3S2. The molecule has 9 heteroatoms. The lowest BCUT2D eigenvalue weighted by molar-refractivity contribution is -0.122. The summed E-state index contributed by atoms with van der Waals surface area (Å²) < 4.78 is 13.7. The van der Waals surface area contributed by atoms with Gasteiger partial charge in [-0.15, -0.1) is 0 Å². The Balaban J connectivity index is 1.29. The van der Waals surface area contributed by atoms with Crippen molar-refractivity contribution >= 4 is 51.9 Å². The van der Waals surface area contributed by atoms with Crippen molar-refractivity contribution in [1.82, 2.24) is 14.7 Å². The molecule has 0 bridgehead atoms. The summed E-state index contributed by atoms with van der Waals surface area (Å²) in [6.45, 7) is 0.660. The molecule has 0 atom stereocenters. The molecule has 0 unspecified atom stereocenters. The van der Waals surface area contributed by atoms with Gasteiger partial charge < -0.3 is 9.15 Å². The number of nitrogens with zero attached hydrogens (tertiary/aromatic N) is 3. The third kappa shape index (κ3) is 5.60. The number of para-hydroxylation sites is 1. The number of rotatable bonds is 8. The van der Waals surface area contributed by atoms with E-state index < -0.39 is 0 Å². The van der Waals surface area contributed by atoms with Gasteiger partial charge in [-0.05, 0) is 60.7 Å². The Morgan fingerprint density at radius 3 is 2.50 bits per heavy atom. The monoisotopic (exact) mass is 583 g/mol. The fourth-order valence-electron chi connectivity index (χ4n) is 4.25. The second-order valence-electron chi connectivity index (χ2n) is 8.96. The fourth-order valence-corrected chi connectivity index (χ4v) is 5.69. The summed E-state index contributed by atoms with van der Waals surface area (Å²) in [7, 11) is 0. The van der Waals surface area contributed by atoms with Crippen LogP contribution >= 0.6 is 35.6 Å². The van der Waals surface area contributed by atoms with Gasteiger partial charge in [0.15, 0.2) is 0 Å². The van der Waals surface area contributed by atoms with Crippen molar-refractivity contribution in [3.8, 4) is 22.7 Å². The number of benzene rings is 3. The highest BCUT2D eigenvalue weighted by atomic mass is 35.5. The van der Waals surface area contributed by atoms with Crippen LogP contribution in [0.4, 0.5) is 0 Å². The van der Waals surface area contributed by atoms with E-state index in [1.165, 1.54) is 11.8 Å². The summed E-state index contributed by atoms with van der Waals surface area (Å²) in [5, 5.41) is 5.55. The maximum Gasteiger partial charge on any atom is 0.266 e. The van der Waals surface area contributed by atoms with E-state index in [9.17, 15) is 4.79 Å². The molecule has 1 amide bonds. The Morgan fingerprint density at radius 1 is 0.975 bits per heavy atom. The molecule has 0 N–H and O–H groups in total. The number of hydrogen-bond acceptors (Lipinski definition) is 6. The van der Waals surface area contributed by atoms with E-state index >= 15 is 0 Å².